The van der Waals surface area contributed by atoms with Gasteiger partial charge < -0.3 is 10.6 Å². The highest BCUT2D eigenvalue weighted by molar-refractivity contribution is 4.99. The van der Waals surface area contributed by atoms with E-state index in [1.807, 2.05) is 0 Å². The third kappa shape index (κ3) is 4.84. The van der Waals surface area contributed by atoms with Gasteiger partial charge in [-0.05, 0) is 53.5 Å². The first kappa shape index (κ1) is 14.0. The molecule has 2 nitrogen and oxygen atoms in total. The average Bonchev–Trinajstić information content (AvgIpc) is 2.07. The van der Waals surface area contributed by atoms with E-state index in [0.29, 0.717) is 6.04 Å². The monoisotopic (exact) mass is 226 g/mol. The molecule has 1 aliphatic rings. The maximum atomic E-state index is 3.73. The molecule has 1 fully saturated rings. The van der Waals surface area contributed by atoms with Crippen LogP contribution in [0.3, 0.4) is 0 Å². The van der Waals surface area contributed by atoms with Crippen LogP contribution in [0.1, 0.15) is 66.7 Å². The Morgan fingerprint density at radius 2 is 1.62 bits per heavy atom. The fourth-order valence-corrected chi connectivity index (χ4v) is 3.15. The first-order chi connectivity index (χ1) is 7.35. The fourth-order valence-electron chi connectivity index (χ4n) is 3.15. The number of nitrogens with one attached hydrogen (secondary N) is 2. The first-order valence-electron chi connectivity index (χ1n) is 6.87. The van der Waals surface area contributed by atoms with E-state index in [1.54, 1.807) is 0 Å². The van der Waals surface area contributed by atoms with Gasteiger partial charge in [0.05, 0.1) is 0 Å². The van der Waals surface area contributed by atoms with Crippen molar-refractivity contribution in [3.63, 3.8) is 0 Å². The van der Waals surface area contributed by atoms with Gasteiger partial charge in [-0.15, -0.1) is 0 Å². The van der Waals surface area contributed by atoms with E-state index in [0.717, 1.165) is 0 Å². The number of piperidine rings is 1. The van der Waals surface area contributed by atoms with Crippen LogP contribution in [-0.2, 0) is 0 Å². The van der Waals surface area contributed by atoms with Crippen molar-refractivity contribution in [3.8, 4) is 0 Å². The molecule has 1 saturated heterocycles. The van der Waals surface area contributed by atoms with Gasteiger partial charge in [0, 0.05) is 17.1 Å². The Morgan fingerprint density at radius 1 is 1.06 bits per heavy atom. The number of unbranched alkanes of at least 4 members (excludes halogenated alkanes) is 2. The Morgan fingerprint density at radius 3 is 2.12 bits per heavy atom. The van der Waals surface area contributed by atoms with Crippen LogP contribution >= 0.6 is 0 Å². The van der Waals surface area contributed by atoms with Crippen molar-refractivity contribution >= 4 is 0 Å². The van der Waals surface area contributed by atoms with Crippen molar-refractivity contribution in [1.29, 1.82) is 0 Å². The first-order valence-corrected chi connectivity index (χ1v) is 6.87. The quantitative estimate of drug-likeness (QED) is 0.704. The SMILES string of the molecule is CCCCCNC1CC(C)(C)NC(C)(C)C1. The molecular weight excluding hydrogens is 196 g/mol. The van der Waals surface area contributed by atoms with Gasteiger partial charge in [-0.3, -0.25) is 0 Å². The third-order valence-electron chi connectivity index (χ3n) is 3.40. The molecule has 0 aliphatic carbocycles. The summed E-state index contributed by atoms with van der Waals surface area (Å²) in [5.41, 5.74) is 0.536. The van der Waals surface area contributed by atoms with E-state index in [-0.39, 0.29) is 11.1 Å². The molecule has 96 valence electrons. The summed E-state index contributed by atoms with van der Waals surface area (Å²) in [5, 5.41) is 7.45. The fraction of sp³-hybridized carbons (Fsp3) is 1.00. The molecule has 1 rings (SSSR count). The van der Waals surface area contributed by atoms with Gasteiger partial charge in [0.2, 0.25) is 0 Å². The summed E-state index contributed by atoms with van der Waals surface area (Å²) < 4.78 is 0. The van der Waals surface area contributed by atoms with E-state index in [4.69, 9.17) is 0 Å². The molecule has 2 N–H and O–H groups in total. The molecule has 0 unspecified atom stereocenters. The Balaban J connectivity index is 2.36. The van der Waals surface area contributed by atoms with Crippen LogP contribution in [-0.4, -0.2) is 23.7 Å². The van der Waals surface area contributed by atoms with Gasteiger partial charge >= 0.3 is 0 Å². The highest BCUT2D eigenvalue weighted by atomic mass is 15.1. The van der Waals surface area contributed by atoms with Crippen molar-refractivity contribution in [1.82, 2.24) is 10.6 Å². The summed E-state index contributed by atoms with van der Waals surface area (Å²) in [7, 11) is 0. The lowest BCUT2D eigenvalue weighted by molar-refractivity contribution is 0.146. The number of rotatable bonds is 5. The van der Waals surface area contributed by atoms with Gasteiger partial charge in [0.1, 0.15) is 0 Å². The molecule has 0 spiro atoms. The molecule has 0 radical (unpaired) electrons. The van der Waals surface area contributed by atoms with Crippen LogP contribution in [0.4, 0.5) is 0 Å². The van der Waals surface area contributed by atoms with E-state index in [9.17, 15) is 0 Å². The largest absolute Gasteiger partial charge is 0.314 e. The maximum absolute atomic E-state index is 3.73. The van der Waals surface area contributed by atoms with Gasteiger partial charge in [0.15, 0.2) is 0 Å². The van der Waals surface area contributed by atoms with Crippen molar-refractivity contribution in [3.05, 3.63) is 0 Å². The molecular formula is C14H30N2. The Bertz CT molecular complexity index is 193. The summed E-state index contributed by atoms with van der Waals surface area (Å²) in [6, 6.07) is 0.683. The summed E-state index contributed by atoms with van der Waals surface area (Å²) >= 11 is 0. The van der Waals surface area contributed by atoms with Gasteiger partial charge in [0.25, 0.3) is 0 Å². The minimum atomic E-state index is 0.268. The molecule has 0 saturated carbocycles. The van der Waals surface area contributed by atoms with Crippen molar-refractivity contribution in [2.75, 3.05) is 6.54 Å². The van der Waals surface area contributed by atoms with Crippen LogP contribution < -0.4 is 10.6 Å². The van der Waals surface area contributed by atoms with Crippen LogP contribution in [0.2, 0.25) is 0 Å². The molecule has 16 heavy (non-hydrogen) atoms. The summed E-state index contributed by atoms with van der Waals surface area (Å²) in [6.07, 6.45) is 6.46. The molecule has 0 atom stereocenters. The minimum Gasteiger partial charge on any atom is -0.314 e. The third-order valence-corrected chi connectivity index (χ3v) is 3.40. The maximum Gasteiger partial charge on any atom is 0.0144 e. The zero-order valence-electron chi connectivity index (χ0n) is 11.8. The Kier molecular flexibility index (Phi) is 4.81. The minimum absolute atomic E-state index is 0.268. The van der Waals surface area contributed by atoms with Crippen LogP contribution in [0.15, 0.2) is 0 Å². The topological polar surface area (TPSA) is 24.1 Å². The molecule has 0 amide bonds. The molecule has 2 heteroatoms. The second kappa shape index (κ2) is 5.50. The van der Waals surface area contributed by atoms with E-state index >= 15 is 0 Å². The average molecular weight is 226 g/mol. The molecule has 0 aromatic carbocycles. The van der Waals surface area contributed by atoms with E-state index in [2.05, 4.69) is 45.3 Å². The zero-order valence-corrected chi connectivity index (χ0v) is 11.8. The molecule has 1 aliphatic heterocycles. The van der Waals surface area contributed by atoms with Crippen LogP contribution in [0.5, 0.6) is 0 Å². The molecule has 0 bridgehead atoms. The standard InChI is InChI=1S/C14H30N2/c1-6-7-8-9-15-12-10-13(2,3)16-14(4,5)11-12/h12,15-16H,6-11H2,1-5H3. The molecule has 0 aromatic heterocycles. The smallest absolute Gasteiger partial charge is 0.0144 e. The van der Waals surface area contributed by atoms with Gasteiger partial charge in [-0.25, -0.2) is 0 Å². The highest BCUT2D eigenvalue weighted by Gasteiger charge is 2.37. The number of hydrogen-bond donors (Lipinski definition) is 2. The van der Waals surface area contributed by atoms with E-state index < -0.39 is 0 Å². The highest BCUT2D eigenvalue weighted by Crippen LogP contribution is 2.28. The summed E-state index contributed by atoms with van der Waals surface area (Å²) in [4.78, 5) is 0. The van der Waals surface area contributed by atoms with Crippen molar-refractivity contribution in [2.24, 2.45) is 0 Å². The predicted octanol–water partition coefficient (Wildman–Crippen LogP) is 3.08. The Hall–Kier alpha value is -0.0800. The second-order valence-electron chi connectivity index (χ2n) is 6.66. The van der Waals surface area contributed by atoms with Crippen molar-refractivity contribution < 1.29 is 0 Å². The summed E-state index contributed by atoms with van der Waals surface area (Å²) in [6.45, 7) is 12.7. The van der Waals surface area contributed by atoms with Crippen LogP contribution in [0, 0.1) is 0 Å². The summed E-state index contributed by atoms with van der Waals surface area (Å²) in [5.74, 6) is 0. The van der Waals surface area contributed by atoms with Gasteiger partial charge in [-0.1, -0.05) is 19.8 Å². The lowest BCUT2D eigenvalue weighted by Gasteiger charge is -2.46. The number of hydrogen-bond acceptors (Lipinski definition) is 2. The molecule has 1 heterocycles. The molecule has 0 aromatic rings. The van der Waals surface area contributed by atoms with Crippen LogP contribution in [0.25, 0.3) is 0 Å². The van der Waals surface area contributed by atoms with Crippen molar-refractivity contribution in [2.45, 2.75) is 83.8 Å². The van der Waals surface area contributed by atoms with E-state index in [1.165, 1.54) is 38.6 Å². The lowest BCUT2D eigenvalue weighted by atomic mass is 9.79. The predicted molar refractivity (Wildman–Crippen MR) is 71.8 cm³/mol. The lowest BCUT2D eigenvalue weighted by Crippen LogP contribution is -2.61. The van der Waals surface area contributed by atoms with Gasteiger partial charge in [-0.2, -0.15) is 0 Å². The Labute approximate surface area is 102 Å². The second-order valence-corrected chi connectivity index (χ2v) is 6.66. The zero-order chi connectivity index (χ0) is 12.2. The normalized spacial score (nSPS) is 24.6.